The predicted octanol–water partition coefficient (Wildman–Crippen LogP) is 6.38. The van der Waals surface area contributed by atoms with Crippen molar-refractivity contribution >= 4 is 93.1 Å². The monoisotopic (exact) mass is 474 g/mol. The number of rotatable bonds is 7. The van der Waals surface area contributed by atoms with Crippen molar-refractivity contribution in [3.05, 3.63) is 25.1 Å². The summed E-state index contributed by atoms with van der Waals surface area (Å²) < 4.78 is 9.79. The number of alkyl halides is 2. The molecule has 0 amide bonds. The fourth-order valence-corrected chi connectivity index (χ4v) is 2.77. The van der Waals surface area contributed by atoms with Gasteiger partial charge in [0.2, 0.25) is 0 Å². The van der Waals surface area contributed by atoms with Crippen LogP contribution >= 0.6 is 81.2 Å². The highest BCUT2D eigenvalue weighted by Gasteiger charge is 2.22. The Bertz CT molecular complexity index is 604. The fourth-order valence-electron chi connectivity index (χ4n) is 1.44. The third-order valence-corrected chi connectivity index (χ3v) is 5.01. The summed E-state index contributed by atoms with van der Waals surface area (Å²) >= 11 is 40.3. The summed E-state index contributed by atoms with van der Waals surface area (Å²) in [6.07, 6.45) is 0.0706. The van der Waals surface area contributed by atoms with Gasteiger partial charge in [0.15, 0.2) is 5.75 Å². The molecule has 0 atom stereocenters. The van der Waals surface area contributed by atoms with E-state index in [-0.39, 0.29) is 56.7 Å². The molecule has 0 saturated heterocycles. The number of benzene rings is 1. The zero-order chi connectivity index (χ0) is 18.4. The number of carbonyl (C=O) groups excluding carboxylic acids is 2. The van der Waals surface area contributed by atoms with Gasteiger partial charge in [-0.05, 0) is 6.42 Å². The molecule has 0 spiro atoms. The van der Waals surface area contributed by atoms with Crippen LogP contribution in [0.15, 0.2) is 0 Å². The van der Waals surface area contributed by atoms with Crippen LogP contribution in [0.25, 0.3) is 0 Å². The number of halogens is 7. The maximum Gasteiger partial charge on any atom is 0.311 e. The number of ether oxygens (including phenoxy) is 2. The Kier molecular flexibility index (Phi) is 9.60. The van der Waals surface area contributed by atoms with Crippen LogP contribution in [-0.2, 0) is 14.3 Å². The molecule has 0 aliphatic carbocycles. The van der Waals surface area contributed by atoms with Crippen molar-refractivity contribution in [1.82, 2.24) is 0 Å². The van der Waals surface area contributed by atoms with Crippen molar-refractivity contribution < 1.29 is 19.1 Å². The van der Waals surface area contributed by atoms with Crippen molar-refractivity contribution in [2.24, 2.45) is 0 Å². The van der Waals surface area contributed by atoms with Gasteiger partial charge in [0.25, 0.3) is 0 Å². The molecular formula is C13H9Cl7O4. The second-order valence-corrected chi connectivity index (χ2v) is 7.47. The lowest BCUT2D eigenvalue weighted by molar-refractivity contribution is -0.143. The fraction of sp³-hybridized carbons (Fsp3) is 0.385. The largest absolute Gasteiger partial charge is 0.463 e. The highest BCUT2D eigenvalue weighted by molar-refractivity contribution is 6.55. The van der Waals surface area contributed by atoms with Crippen molar-refractivity contribution in [3.8, 4) is 5.75 Å². The van der Waals surface area contributed by atoms with E-state index in [1.165, 1.54) is 0 Å². The second kappa shape index (κ2) is 10.4. The third-order valence-electron chi connectivity index (χ3n) is 2.52. The molecule has 0 heterocycles. The minimum absolute atomic E-state index is 0.0147. The molecule has 0 radical (unpaired) electrons. The molecule has 0 N–H and O–H groups in total. The van der Waals surface area contributed by atoms with Crippen molar-refractivity contribution in [2.75, 3.05) is 6.61 Å². The van der Waals surface area contributed by atoms with Crippen molar-refractivity contribution in [3.63, 3.8) is 0 Å². The number of carbonyl (C=O) groups is 2. The quantitative estimate of drug-likeness (QED) is 0.150. The molecule has 11 heteroatoms. The molecule has 0 fully saturated rings. The van der Waals surface area contributed by atoms with Gasteiger partial charge in [0.05, 0.1) is 15.1 Å². The predicted molar refractivity (Wildman–Crippen MR) is 97.4 cm³/mol. The minimum atomic E-state index is -0.803. The smallest absolute Gasteiger partial charge is 0.311 e. The van der Waals surface area contributed by atoms with E-state index < -0.39 is 16.8 Å². The Morgan fingerprint density at radius 3 is 1.75 bits per heavy atom. The Labute approximate surface area is 173 Å². The summed E-state index contributed by atoms with van der Waals surface area (Å²) in [6.45, 7) is -0.126. The lowest BCUT2D eigenvalue weighted by Crippen LogP contribution is -2.12. The molecule has 24 heavy (non-hydrogen) atoms. The molecule has 1 aromatic rings. The maximum atomic E-state index is 11.8. The number of hydrogen-bond acceptors (Lipinski definition) is 4. The molecule has 1 rings (SSSR count). The van der Waals surface area contributed by atoms with E-state index in [1.54, 1.807) is 0 Å². The van der Waals surface area contributed by atoms with Gasteiger partial charge in [0, 0.05) is 12.8 Å². The van der Waals surface area contributed by atoms with Gasteiger partial charge < -0.3 is 9.47 Å². The van der Waals surface area contributed by atoms with Crippen LogP contribution in [0.4, 0.5) is 0 Å². The summed E-state index contributed by atoms with van der Waals surface area (Å²) in [5.41, 5.74) is 0. The normalized spacial score (nSPS) is 10.8. The van der Waals surface area contributed by atoms with Gasteiger partial charge in [0.1, 0.15) is 21.5 Å². The topological polar surface area (TPSA) is 52.6 Å². The lowest BCUT2D eigenvalue weighted by Gasteiger charge is -2.12. The van der Waals surface area contributed by atoms with Crippen LogP contribution < -0.4 is 4.74 Å². The zero-order valence-corrected chi connectivity index (χ0v) is 17.0. The Morgan fingerprint density at radius 1 is 0.792 bits per heavy atom. The van der Waals surface area contributed by atoms with Crippen LogP contribution in [-0.4, -0.2) is 23.4 Å². The summed E-state index contributed by atoms with van der Waals surface area (Å²) in [6, 6.07) is 0. The average Bonchev–Trinajstić information content (AvgIpc) is 2.53. The molecule has 0 aliphatic rings. The number of esters is 2. The minimum Gasteiger partial charge on any atom is -0.463 e. The molecule has 0 aliphatic heterocycles. The van der Waals surface area contributed by atoms with Crippen LogP contribution in [0.5, 0.6) is 5.75 Å². The maximum absolute atomic E-state index is 11.8. The summed E-state index contributed by atoms with van der Waals surface area (Å²) in [7, 11) is 0. The SMILES string of the molecule is O=C(CCCC(=O)Oc1c(Cl)c(Cl)c(Cl)c(Cl)c1Cl)OCC(Cl)Cl. The van der Waals surface area contributed by atoms with Gasteiger partial charge in [-0.15, -0.1) is 23.2 Å². The standard InChI is InChI=1S/C13H9Cl7O4/c14-5(15)4-23-6(21)2-1-3-7(22)24-13-11(19)9(17)8(16)10(18)12(13)20/h5H,1-4H2. The first-order valence-electron chi connectivity index (χ1n) is 6.31. The molecule has 1 aromatic carbocycles. The highest BCUT2D eigenvalue weighted by atomic mass is 35.5. The molecule has 4 nitrogen and oxygen atoms in total. The summed E-state index contributed by atoms with van der Waals surface area (Å²) in [5.74, 6) is -1.42. The summed E-state index contributed by atoms with van der Waals surface area (Å²) in [5, 5.41) is -0.502. The van der Waals surface area contributed by atoms with Crippen LogP contribution in [0, 0.1) is 0 Å². The van der Waals surface area contributed by atoms with Gasteiger partial charge in [-0.2, -0.15) is 0 Å². The molecule has 0 unspecified atom stereocenters. The van der Waals surface area contributed by atoms with Crippen LogP contribution in [0.1, 0.15) is 19.3 Å². The van der Waals surface area contributed by atoms with E-state index in [1.807, 2.05) is 0 Å². The van der Waals surface area contributed by atoms with E-state index in [4.69, 9.17) is 90.7 Å². The van der Waals surface area contributed by atoms with Crippen LogP contribution in [0.3, 0.4) is 0 Å². The van der Waals surface area contributed by atoms with E-state index in [0.717, 1.165) is 0 Å². The van der Waals surface area contributed by atoms with Crippen molar-refractivity contribution in [1.29, 1.82) is 0 Å². The molecule has 134 valence electrons. The van der Waals surface area contributed by atoms with Gasteiger partial charge >= 0.3 is 11.9 Å². The first-order valence-corrected chi connectivity index (χ1v) is 9.07. The molecule has 0 aromatic heterocycles. The number of hydrogen-bond donors (Lipinski definition) is 0. The first-order chi connectivity index (χ1) is 11.1. The van der Waals surface area contributed by atoms with E-state index >= 15 is 0 Å². The summed E-state index contributed by atoms with van der Waals surface area (Å²) in [4.78, 5) is 22.4. The van der Waals surface area contributed by atoms with Gasteiger partial charge in [-0.3, -0.25) is 9.59 Å². The molecule has 0 saturated carbocycles. The highest BCUT2D eigenvalue weighted by Crippen LogP contribution is 2.48. The first kappa shape index (κ1) is 22.2. The van der Waals surface area contributed by atoms with Gasteiger partial charge in [-0.1, -0.05) is 58.0 Å². The molecular weight excluding hydrogens is 468 g/mol. The molecule has 0 bridgehead atoms. The average molecular weight is 477 g/mol. The van der Waals surface area contributed by atoms with Crippen molar-refractivity contribution in [2.45, 2.75) is 24.1 Å². The Morgan fingerprint density at radius 2 is 1.25 bits per heavy atom. The van der Waals surface area contributed by atoms with Crippen LogP contribution in [0.2, 0.25) is 25.1 Å². The Balaban J connectivity index is 2.59. The van der Waals surface area contributed by atoms with E-state index in [2.05, 4.69) is 0 Å². The van der Waals surface area contributed by atoms with E-state index in [0.29, 0.717) is 0 Å². The van der Waals surface area contributed by atoms with Gasteiger partial charge in [-0.25, -0.2) is 0 Å². The third kappa shape index (κ3) is 6.49. The van der Waals surface area contributed by atoms with E-state index in [9.17, 15) is 9.59 Å². The second-order valence-electron chi connectivity index (χ2n) is 4.30. The zero-order valence-electron chi connectivity index (χ0n) is 11.7. The Hall–Kier alpha value is 0.190. The lowest BCUT2D eigenvalue weighted by atomic mass is 10.2.